The first-order valence-electron chi connectivity index (χ1n) is 9.07. The lowest BCUT2D eigenvalue weighted by molar-refractivity contribution is -0.117. The number of hydrogen-bond donors (Lipinski definition) is 1. The number of anilines is 1. The zero-order valence-corrected chi connectivity index (χ0v) is 15.6. The quantitative estimate of drug-likeness (QED) is 0.868. The summed E-state index contributed by atoms with van der Waals surface area (Å²) in [5.74, 6) is 0.636. The Labute approximate surface area is 150 Å². The van der Waals surface area contributed by atoms with Gasteiger partial charge in [-0.3, -0.25) is 9.69 Å². The van der Waals surface area contributed by atoms with E-state index < -0.39 is 10.0 Å². The first-order chi connectivity index (χ1) is 11.9. The van der Waals surface area contributed by atoms with E-state index in [0.29, 0.717) is 25.3 Å². The first-order valence-corrected chi connectivity index (χ1v) is 10.5. The Balaban J connectivity index is 1.62. The van der Waals surface area contributed by atoms with Gasteiger partial charge in [0.1, 0.15) is 0 Å². The number of sulfonamides is 1. The number of nitrogens with one attached hydrogen (secondary N) is 1. The summed E-state index contributed by atoms with van der Waals surface area (Å²) >= 11 is 0. The molecule has 1 aromatic rings. The Kier molecular flexibility index (Phi) is 5.76. The van der Waals surface area contributed by atoms with Gasteiger partial charge < -0.3 is 5.32 Å². The number of likely N-dealkylation sites (tertiary alicyclic amines) is 1. The highest BCUT2D eigenvalue weighted by molar-refractivity contribution is 7.89. The molecule has 0 aromatic heterocycles. The minimum atomic E-state index is -3.46. The van der Waals surface area contributed by atoms with Gasteiger partial charge in [0, 0.05) is 18.8 Å². The summed E-state index contributed by atoms with van der Waals surface area (Å²) in [6.07, 6.45) is 4.06. The Morgan fingerprint density at radius 2 is 1.84 bits per heavy atom. The predicted molar refractivity (Wildman–Crippen MR) is 97.9 cm³/mol. The van der Waals surface area contributed by atoms with Gasteiger partial charge in [-0.15, -0.1) is 0 Å². The van der Waals surface area contributed by atoms with Crippen molar-refractivity contribution in [2.45, 2.75) is 37.5 Å². The van der Waals surface area contributed by atoms with Crippen LogP contribution < -0.4 is 5.32 Å². The highest BCUT2D eigenvalue weighted by Crippen LogP contribution is 2.23. The maximum Gasteiger partial charge on any atom is 0.243 e. The maximum atomic E-state index is 12.6. The Morgan fingerprint density at radius 1 is 1.16 bits per heavy atom. The molecule has 1 amide bonds. The van der Waals surface area contributed by atoms with Gasteiger partial charge in [0.2, 0.25) is 15.9 Å². The van der Waals surface area contributed by atoms with Crippen LogP contribution in [0.4, 0.5) is 5.69 Å². The second-order valence-corrected chi connectivity index (χ2v) is 9.08. The lowest BCUT2D eigenvalue weighted by Gasteiger charge is -2.29. The molecule has 2 aliphatic rings. The van der Waals surface area contributed by atoms with Crippen molar-refractivity contribution in [1.82, 2.24) is 9.21 Å². The maximum absolute atomic E-state index is 12.6. The summed E-state index contributed by atoms with van der Waals surface area (Å²) in [5, 5.41) is 2.84. The van der Waals surface area contributed by atoms with Crippen molar-refractivity contribution in [2.75, 3.05) is 38.0 Å². The van der Waals surface area contributed by atoms with E-state index in [-0.39, 0.29) is 10.8 Å². The van der Waals surface area contributed by atoms with Crippen molar-refractivity contribution in [3.05, 3.63) is 24.3 Å². The molecule has 0 atom stereocenters. The van der Waals surface area contributed by atoms with Crippen LogP contribution in [0.25, 0.3) is 0 Å². The van der Waals surface area contributed by atoms with Crippen LogP contribution in [0.2, 0.25) is 0 Å². The smallest absolute Gasteiger partial charge is 0.243 e. The van der Waals surface area contributed by atoms with Crippen LogP contribution >= 0.6 is 0 Å². The van der Waals surface area contributed by atoms with Crippen LogP contribution in [0.5, 0.6) is 0 Å². The van der Waals surface area contributed by atoms with Gasteiger partial charge in [-0.05, 0) is 62.9 Å². The summed E-state index contributed by atoms with van der Waals surface area (Å²) in [6, 6.07) is 6.57. The van der Waals surface area contributed by atoms with E-state index >= 15 is 0 Å². The second kappa shape index (κ2) is 7.85. The molecule has 138 valence electrons. The number of piperidine rings is 1. The fourth-order valence-electron chi connectivity index (χ4n) is 3.44. The first kappa shape index (κ1) is 18.4. The van der Waals surface area contributed by atoms with Gasteiger partial charge in [-0.1, -0.05) is 13.0 Å². The van der Waals surface area contributed by atoms with E-state index in [4.69, 9.17) is 0 Å². The van der Waals surface area contributed by atoms with Gasteiger partial charge in [-0.25, -0.2) is 8.42 Å². The molecule has 0 saturated carbocycles. The van der Waals surface area contributed by atoms with E-state index in [1.54, 1.807) is 24.3 Å². The normalized spacial score (nSPS) is 20.7. The molecule has 0 radical (unpaired) electrons. The highest BCUT2D eigenvalue weighted by Gasteiger charge is 2.27. The summed E-state index contributed by atoms with van der Waals surface area (Å²) < 4.78 is 26.8. The molecule has 2 fully saturated rings. The topological polar surface area (TPSA) is 69.7 Å². The monoisotopic (exact) mass is 365 g/mol. The van der Waals surface area contributed by atoms with E-state index in [1.807, 2.05) is 0 Å². The van der Waals surface area contributed by atoms with Crippen LogP contribution in [0.15, 0.2) is 29.2 Å². The van der Waals surface area contributed by atoms with Crippen molar-refractivity contribution < 1.29 is 13.2 Å². The molecule has 0 spiro atoms. The Morgan fingerprint density at radius 3 is 2.52 bits per heavy atom. The van der Waals surface area contributed by atoms with Crippen molar-refractivity contribution >= 4 is 21.6 Å². The molecule has 0 bridgehead atoms. The zero-order chi connectivity index (χ0) is 17.9. The fourth-order valence-corrected chi connectivity index (χ4v) is 5.00. The molecule has 0 aliphatic carbocycles. The van der Waals surface area contributed by atoms with Crippen LogP contribution in [0, 0.1) is 5.92 Å². The van der Waals surface area contributed by atoms with Gasteiger partial charge in [0.15, 0.2) is 0 Å². The molecule has 2 heterocycles. The molecule has 2 aliphatic heterocycles. The molecular weight excluding hydrogens is 338 g/mol. The minimum absolute atomic E-state index is 0.0923. The zero-order valence-electron chi connectivity index (χ0n) is 14.8. The largest absolute Gasteiger partial charge is 0.325 e. The number of hydrogen-bond acceptors (Lipinski definition) is 4. The predicted octanol–water partition coefficient (Wildman–Crippen LogP) is 2.14. The van der Waals surface area contributed by atoms with Gasteiger partial charge >= 0.3 is 0 Å². The number of amides is 1. The summed E-state index contributed by atoms with van der Waals surface area (Å²) in [5.41, 5.74) is 0.538. The van der Waals surface area contributed by atoms with Crippen molar-refractivity contribution in [1.29, 1.82) is 0 Å². The molecule has 1 aromatic carbocycles. The molecule has 25 heavy (non-hydrogen) atoms. The number of carbonyl (C=O) groups excluding carboxylic acids is 1. The summed E-state index contributed by atoms with van der Waals surface area (Å²) in [4.78, 5) is 14.7. The average Bonchev–Trinajstić information content (AvgIpc) is 3.12. The molecule has 3 rings (SSSR count). The highest BCUT2D eigenvalue weighted by atomic mass is 32.2. The SMILES string of the molecule is CC1CCN(CC(=O)Nc2cccc(S(=O)(=O)N3CCCC3)c2)CC1. The molecule has 7 heteroatoms. The van der Waals surface area contributed by atoms with Crippen molar-refractivity contribution in [2.24, 2.45) is 5.92 Å². The number of benzene rings is 1. The third kappa shape index (κ3) is 4.59. The van der Waals surface area contributed by atoms with E-state index in [1.165, 1.54) is 4.31 Å². The molecule has 1 N–H and O–H groups in total. The van der Waals surface area contributed by atoms with Crippen molar-refractivity contribution in [3.8, 4) is 0 Å². The van der Waals surface area contributed by atoms with E-state index in [9.17, 15) is 13.2 Å². The molecular formula is C18H27N3O3S. The molecule has 6 nitrogen and oxygen atoms in total. The standard InChI is InChI=1S/C18H27N3O3S/c1-15-7-11-20(12-8-15)14-18(22)19-16-5-4-6-17(13-16)25(23,24)21-9-2-3-10-21/h4-6,13,15H,2-3,7-12,14H2,1H3,(H,19,22). The van der Waals surface area contributed by atoms with Crippen LogP contribution in [-0.2, 0) is 14.8 Å². The number of nitrogens with zero attached hydrogens (tertiary/aromatic N) is 2. The molecule has 0 unspecified atom stereocenters. The minimum Gasteiger partial charge on any atom is -0.325 e. The fraction of sp³-hybridized carbons (Fsp3) is 0.611. The van der Waals surface area contributed by atoms with Crippen molar-refractivity contribution in [3.63, 3.8) is 0 Å². The summed E-state index contributed by atoms with van der Waals surface area (Å²) in [6.45, 7) is 5.63. The lowest BCUT2D eigenvalue weighted by Crippen LogP contribution is -2.38. The number of rotatable bonds is 5. The van der Waals surface area contributed by atoms with Gasteiger partial charge in [0.25, 0.3) is 0 Å². The third-order valence-electron chi connectivity index (χ3n) is 5.06. The van der Waals surface area contributed by atoms with E-state index in [0.717, 1.165) is 44.7 Å². The lowest BCUT2D eigenvalue weighted by atomic mass is 9.99. The average molecular weight is 365 g/mol. The number of carbonyl (C=O) groups is 1. The van der Waals surface area contributed by atoms with E-state index in [2.05, 4.69) is 17.1 Å². The summed E-state index contributed by atoms with van der Waals surface area (Å²) in [7, 11) is -3.46. The van der Waals surface area contributed by atoms with Gasteiger partial charge in [0.05, 0.1) is 11.4 Å². The third-order valence-corrected chi connectivity index (χ3v) is 6.96. The van der Waals surface area contributed by atoms with Crippen LogP contribution in [0.1, 0.15) is 32.6 Å². The Bertz CT molecular complexity index is 706. The second-order valence-electron chi connectivity index (χ2n) is 7.15. The van der Waals surface area contributed by atoms with Gasteiger partial charge in [-0.2, -0.15) is 4.31 Å². The Hall–Kier alpha value is -1.44. The van der Waals surface area contributed by atoms with Crippen LogP contribution in [0.3, 0.4) is 0 Å². The van der Waals surface area contributed by atoms with Crippen LogP contribution in [-0.4, -0.2) is 56.3 Å². The molecule has 2 saturated heterocycles.